The first kappa shape index (κ1) is 41.7. The van der Waals surface area contributed by atoms with Crippen LogP contribution >= 0.6 is 0 Å². The van der Waals surface area contributed by atoms with Gasteiger partial charge in [-0.3, -0.25) is 0 Å². The summed E-state index contributed by atoms with van der Waals surface area (Å²) in [4.78, 5) is 4.62. The molecule has 0 saturated heterocycles. The molecule has 0 bridgehead atoms. The lowest BCUT2D eigenvalue weighted by Crippen LogP contribution is -2.12. The Morgan fingerprint density at radius 2 is 0.586 bits per heavy atom. The molecule has 12 aromatic rings. The van der Waals surface area contributed by atoms with Crippen molar-refractivity contribution in [2.75, 3.05) is 9.80 Å². The number of nitrogens with zero attached hydrogens (tertiary/aromatic N) is 4. The predicted octanol–water partition coefficient (Wildman–Crippen LogP) is 17.9. The van der Waals surface area contributed by atoms with Crippen molar-refractivity contribution in [1.82, 2.24) is 0 Å². The Morgan fingerprint density at radius 1 is 0.257 bits per heavy atom. The molecule has 12 aromatic carbocycles. The third-order valence-electron chi connectivity index (χ3n) is 13.3. The van der Waals surface area contributed by atoms with Gasteiger partial charge in [-0.15, -0.1) is 0 Å². The van der Waals surface area contributed by atoms with Crippen molar-refractivity contribution in [2.24, 2.45) is 0 Å². The molecule has 12 rings (SSSR count). The minimum atomic E-state index is 0.583. The first-order valence-corrected chi connectivity index (χ1v) is 23.4. The molecule has 0 fully saturated rings. The van der Waals surface area contributed by atoms with Crippen LogP contribution in [-0.4, -0.2) is 0 Å². The molecule has 0 spiro atoms. The van der Waals surface area contributed by atoms with Gasteiger partial charge in [-0.25, -0.2) is 0 Å². The zero-order valence-corrected chi connectivity index (χ0v) is 38.0. The van der Waals surface area contributed by atoms with Crippen LogP contribution in [0.4, 0.5) is 34.1 Å². The molecule has 0 atom stereocenters. The van der Waals surface area contributed by atoms with E-state index in [1.54, 1.807) is 0 Å². The third-order valence-corrected chi connectivity index (χ3v) is 13.3. The van der Waals surface area contributed by atoms with Crippen molar-refractivity contribution in [3.8, 4) is 56.6 Å². The smallest absolute Gasteiger partial charge is 0.0992 e. The summed E-state index contributed by atoms with van der Waals surface area (Å²) >= 11 is 0. The number of hydrogen-bond donors (Lipinski definition) is 0. The molecule has 0 radical (unpaired) electrons. The van der Waals surface area contributed by atoms with Crippen LogP contribution in [0.15, 0.2) is 255 Å². The highest BCUT2D eigenvalue weighted by Gasteiger charge is 2.24. The molecule has 0 unspecified atom stereocenters. The van der Waals surface area contributed by atoms with Crippen LogP contribution in [0.2, 0.25) is 0 Å². The van der Waals surface area contributed by atoms with Gasteiger partial charge in [0.1, 0.15) is 0 Å². The van der Waals surface area contributed by atoms with Crippen molar-refractivity contribution in [2.45, 2.75) is 0 Å². The van der Waals surface area contributed by atoms with Gasteiger partial charge in [0.2, 0.25) is 0 Å². The van der Waals surface area contributed by atoms with Crippen molar-refractivity contribution >= 4 is 66.4 Å². The lowest BCUT2D eigenvalue weighted by molar-refractivity contribution is 1.29. The highest BCUT2D eigenvalue weighted by Crippen LogP contribution is 2.49. The summed E-state index contributed by atoms with van der Waals surface area (Å²) in [6, 6.07) is 94.1. The van der Waals surface area contributed by atoms with Gasteiger partial charge < -0.3 is 9.80 Å². The van der Waals surface area contributed by atoms with Crippen LogP contribution in [0.25, 0.3) is 76.8 Å². The van der Waals surface area contributed by atoms with Gasteiger partial charge in [0, 0.05) is 33.5 Å². The van der Waals surface area contributed by atoms with Gasteiger partial charge in [-0.1, -0.05) is 170 Å². The Labute approximate surface area is 407 Å². The lowest BCUT2D eigenvalue weighted by Gasteiger charge is -2.30. The Morgan fingerprint density at radius 3 is 0.914 bits per heavy atom. The van der Waals surface area contributed by atoms with E-state index in [9.17, 15) is 10.5 Å². The SMILES string of the molecule is N#Cc1cccc(N(c2cc(-c3ccccc3)cc(-c3ccccc3)c2)c2ccc3ccc4c(N(c5cccc(C#N)c5)c5cc(-c6ccccc6)cc(-c6ccccc6)c5)ccc5ccc2c3c54)c1. The summed E-state index contributed by atoms with van der Waals surface area (Å²) in [6.07, 6.45) is 0. The summed E-state index contributed by atoms with van der Waals surface area (Å²) < 4.78 is 0. The van der Waals surface area contributed by atoms with Gasteiger partial charge >= 0.3 is 0 Å². The zero-order chi connectivity index (χ0) is 47.0. The van der Waals surface area contributed by atoms with Crippen molar-refractivity contribution < 1.29 is 0 Å². The lowest BCUT2D eigenvalue weighted by atomic mass is 9.91. The quantitative estimate of drug-likeness (QED) is 0.128. The minimum Gasteiger partial charge on any atom is -0.310 e. The molecule has 326 valence electrons. The van der Waals surface area contributed by atoms with Crippen LogP contribution < -0.4 is 9.80 Å². The van der Waals surface area contributed by atoms with Gasteiger partial charge in [-0.2, -0.15) is 10.5 Å². The fraction of sp³-hybridized carbons (Fsp3) is 0. The number of rotatable bonds is 10. The zero-order valence-electron chi connectivity index (χ0n) is 38.0. The van der Waals surface area contributed by atoms with Crippen LogP contribution in [-0.2, 0) is 0 Å². The van der Waals surface area contributed by atoms with Crippen molar-refractivity contribution in [1.29, 1.82) is 10.5 Å². The standard InChI is InChI=1S/C66H42N4/c67-43-45-15-13-25-57(35-45)69(59-39-53(47-17-5-1-6-18-47)37-54(40-59)48-19-7-2-8-20-48)63-33-29-51-28-32-62-64(34-30-52-27-31-61(63)65(51)66(52)62)70(58-26-14-16-46(36-58)44-68)60-41-55(49-21-9-3-10-22-49)38-56(42-60)50-23-11-4-12-24-50/h1-42H. The molecule has 0 aliphatic rings. The highest BCUT2D eigenvalue weighted by molar-refractivity contribution is 6.28. The summed E-state index contributed by atoms with van der Waals surface area (Å²) in [5.74, 6) is 0. The Balaban J connectivity index is 1.12. The highest BCUT2D eigenvalue weighted by atomic mass is 15.2. The first-order valence-electron chi connectivity index (χ1n) is 23.4. The molecule has 0 aliphatic heterocycles. The van der Waals surface area contributed by atoms with Crippen LogP contribution in [0.1, 0.15) is 11.1 Å². The molecule has 0 aliphatic carbocycles. The maximum absolute atomic E-state index is 10.3. The molecule has 70 heavy (non-hydrogen) atoms. The molecule has 0 amide bonds. The van der Waals surface area contributed by atoms with E-state index in [0.717, 1.165) is 111 Å². The van der Waals surface area contributed by atoms with Gasteiger partial charge in [0.25, 0.3) is 0 Å². The molecule has 0 heterocycles. The van der Waals surface area contributed by atoms with Gasteiger partial charge in [0.15, 0.2) is 0 Å². The molecular weight excluding hydrogens is 849 g/mol. The number of hydrogen-bond acceptors (Lipinski definition) is 4. The molecular formula is C66H42N4. The van der Waals surface area contributed by atoms with E-state index < -0.39 is 0 Å². The normalized spacial score (nSPS) is 11.1. The van der Waals surface area contributed by atoms with E-state index in [1.807, 2.05) is 60.7 Å². The van der Waals surface area contributed by atoms with Crippen LogP contribution in [0, 0.1) is 22.7 Å². The molecule has 0 saturated carbocycles. The summed E-state index contributed by atoms with van der Waals surface area (Å²) in [5, 5.41) is 27.2. The molecule has 4 heteroatoms. The summed E-state index contributed by atoms with van der Waals surface area (Å²) in [7, 11) is 0. The van der Waals surface area contributed by atoms with E-state index >= 15 is 0 Å². The first-order chi connectivity index (χ1) is 34.6. The van der Waals surface area contributed by atoms with E-state index in [2.05, 4.69) is 216 Å². The van der Waals surface area contributed by atoms with Gasteiger partial charge in [-0.05, 0) is 151 Å². The Bertz CT molecular complexity index is 3590. The van der Waals surface area contributed by atoms with Gasteiger partial charge in [0.05, 0.1) is 34.6 Å². The van der Waals surface area contributed by atoms with E-state index in [1.165, 1.54) is 0 Å². The largest absolute Gasteiger partial charge is 0.310 e. The minimum absolute atomic E-state index is 0.583. The Kier molecular flexibility index (Phi) is 10.6. The average molecular weight is 891 g/mol. The van der Waals surface area contributed by atoms with Crippen molar-refractivity contribution in [3.63, 3.8) is 0 Å². The maximum Gasteiger partial charge on any atom is 0.0992 e. The van der Waals surface area contributed by atoms with Crippen LogP contribution in [0.5, 0.6) is 0 Å². The molecule has 0 aromatic heterocycles. The Hall–Kier alpha value is -9.74. The molecule has 0 N–H and O–H groups in total. The van der Waals surface area contributed by atoms with E-state index in [-0.39, 0.29) is 0 Å². The fourth-order valence-corrected chi connectivity index (χ4v) is 10.1. The maximum atomic E-state index is 10.3. The second kappa shape index (κ2) is 17.8. The fourth-order valence-electron chi connectivity index (χ4n) is 10.1. The van der Waals surface area contributed by atoms with E-state index in [4.69, 9.17) is 0 Å². The topological polar surface area (TPSA) is 54.1 Å². The van der Waals surface area contributed by atoms with E-state index in [0.29, 0.717) is 11.1 Å². The predicted molar refractivity (Wildman–Crippen MR) is 291 cm³/mol. The second-order valence-corrected chi connectivity index (χ2v) is 17.6. The monoisotopic (exact) mass is 890 g/mol. The van der Waals surface area contributed by atoms with Crippen molar-refractivity contribution in [3.05, 3.63) is 266 Å². The number of nitriles is 2. The molecule has 4 nitrogen and oxygen atoms in total. The number of anilines is 6. The average Bonchev–Trinajstić information content (AvgIpc) is 3.44. The second-order valence-electron chi connectivity index (χ2n) is 17.6. The summed E-state index contributed by atoms with van der Waals surface area (Å²) in [5.41, 5.74) is 15.7. The number of benzene rings is 12. The summed E-state index contributed by atoms with van der Waals surface area (Å²) in [6.45, 7) is 0. The van der Waals surface area contributed by atoms with Crippen LogP contribution in [0.3, 0.4) is 0 Å². The third kappa shape index (κ3) is 7.63.